The van der Waals surface area contributed by atoms with Crippen molar-refractivity contribution in [2.45, 2.75) is 19.8 Å². The number of nitro groups is 1. The van der Waals surface area contributed by atoms with Crippen molar-refractivity contribution >= 4 is 22.3 Å². The van der Waals surface area contributed by atoms with Gasteiger partial charge in [-0.15, -0.1) is 0 Å². The molecule has 19 heavy (non-hydrogen) atoms. The van der Waals surface area contributed by atoms with Gasteiger partial charge < -0.3 is 4.90 Å². The summed E-state index contributed by atoms with van der Waals surface area (Å²) in [6.07, 6.45) is 2.20. The normalized spacial score (nSPS) is 15.1. The molecule has 1 aromatic heterocycles. The molecule has 5 nitrogen and oxygen atoms in total. The van der Waals surface area contributed by atoms with Gasteiger partial charge in [0.05, 0.1) is 15.8 Å². The van der Waals surface area contributed by atoms with Crippen molar-refractivity contribution in [3.63, 3.8) is 0 Å². The van der Waals surface area contributed by atoms with Crippen molar-refractivity contribution < 1.29 is 4.92 Å². The van der Waals surface area contributed by atoms with Gasteiger partial charge in [-0.25, -0.2) is 0 Å². The number of hydrogen-bond acceptors (Lipinski definition) is 4. The fraction of sp³-hybridized carbons (Fsp3) is 0.357. The summed E-state index contributed by atoms with van der Waals surface area (Å²) in [4.78, 5) is 17.6. The fourth-order valence-electron chi connectivity index (χ4n) is 2.68. The third-order valence-corrected chi connectivity index (χ3v) is 3.59. The lowest BCUT2D eigenvalue weighted by molar-refractivity contribution is -0.382. The van der Waals surface area contributed by atoms with Gasteiger partial charge in [0.2, 0.25) is 0 Å². The third kappa shape index (κ3) is 2.01. The van der Waals surface area contributed by atoms with Gasteiger partial charge in [0.25, 0.3) is 0 Å². The van der Waals surface area contributed by atoms with Crippen molar-refractivity contribution in [1.29, 1.82) is 0 Å². The van der Waals surface area contributed by atoms with E-state index in [1.165, 1.54) is 0 Å². The third-order valence-electron chi connectivity index (χ3n) is 3.59. The van der Waals surface area contributed by atoms with Crippen LogP contribution in [-0.2, 0) is 0 Å². The standard InChI is InChI=1S/C14H15N3O2/c1-10-4-5-11-12(15-10)6-7-13(14(11)17(18)19)16-8-2-3-9-16/h4-7H,2-3,8-9H2,1H3. The number of benzene rings is 1. The Kier molecular flexibility index (Phi) is 2.81. The summed E-state index contributed by atoms with van der Waals surface area (Å²) in [6, 6.07) is 7.33. The number of hydrogen-bond donors (Lipinski definition) is 0. The fourth-order valence-corrected chi connectivity index (χ4v) is 2.68. The molecule has 0 bridgehead atoms. The molecule has 1 saturated heterocycles. The highest BCUT2D eigenvalue weighted by Gasteiger charge is 2.25. The highest BCUT2D eigenvalue weighted by Crippen LogP contribution is 2.36. The minimum Gasteiger partial charge on any atom is -0.366 e. The quantitative estimate of drug-likeness (QED) is 0.613. The first-order chi connectivity index (χ1) is 9.16. The number of aromatic nitrogens is 1. The maximum absolute atomic E-state index is 11.4. The second kappa shape index (κ2) is 4.50. The second-order valence-corrected chi connectivity index (χ2v) is 4.90. The number of pyridine rings is 1. The molecule has 2 heterocycles. The average molecular weight is 257 g/mol. The Hall–Kier alpha value is -2.17. The largest absolute Gasteiger partial charge is 0.366 e. The van der Waals surface area contributed by atoms with E-state index >= 15 is 0 Å². The van der Waals surface area contributed by atoms with Crippen molar-refractivity contribution in [2.75, 3.05) is 18.0 Å². The predicted octanol–water partition coefficient (Wildman–Crippen LogP) is 3.05. The molecule has 1 aliphatic heterocycles. The van der Waals surface area contributed by atoms with Gasteiger partial charge in [0.15, 0.2) is 0 Å². The number of fused-ring (bicyclic) bond motifs is 1. The van der Waals surface area contributed by atoms with E-state index in [2.05, 4.69) is 9.88 Å². The van der Waals surface area contributed by atoms with Gasteiger partial charge in [-0.1, -0.05) is 0 Å². The van der Waals surface area contributed by atoms with E-state index in [1.807, 2.05) is 25.1 Å². The maximum Gasteiger partial charge on any atom is 0.301 e. The van der Waals surface area contributed by atoms with Crippen LogP contribution in [0.4, 0.5) is 11.4 Å². The molecular weight excluding hydrogens is 242 g/mol. The number of nitrogens with zero attached hydrogens (tertiary/aromatic N) is 3. The molecule has 1 fully saturated rings. The van der Waals surface area contributed by atoms with Crippen LogP contribution >= 0.6 is 0 Å². The van der Waals surface area contributed by atoms with Gasteiger partial charge in [-0.3, -0.25) is 15.1 Å². The van der Waals surface area contributed by atoms with Crippen LogP contribution in [-0.4, -0.2) is 23.0 Å². The maximum atomic E-state index is 11.4. The molecule has 0 saturated carbocycles. The van der Waals surface area contributed by atoms with Gasteiger partial charge in [0.1, 0.15) is 5.69 Å². The summed E-state index contributed by atoms with van der Waals surface area (Å²) < 4.78 is 0. The highest BCUT2D eigenvalue weighted by molar-refractivity contribution is 5.94. The lowest BCUT2D eigenvalue weighted by Gasteiger charge is -2.18. The van der Waals surface area contributed by atoms with Crippen LogP contribution in [0.2, 0.25) is 0 Å². The molecule has 0 aliphatic carbocycles. The molecule has 0 unspecified atom stereocenters. The van der Waals surface area contributed by atoms with Gasteiger partial charge in [-0.05, 0) is 44.0 Å². The van der Waals surface area contributed by atoms with Crippen LogP contribution in [0.3, 0.4) is 0 Å². The Bertz CT molecular complexity index is 648. The smallest absolute Gasteiger partial charge is 0.301 e. The van der Waals surface area contributed by atoms with Crippen molar-refractivity contribution in [2.24, 2.45) is 0 Å². The van der Waals surface area contributed by atoms with Crippen molar-refractivity contribution in [3.05, 3.63) is 40.1 Å². The average Bonchev–Trinajstić information content (AvgIpc) is 2.90. The molecular formula is C14H15N3O2. The van der Waals surface area contributed by atoms with Gasteiger partial charge in [0, 0.05) is 18.8 Å². The number of aryl methyl sites for hydroxylation is 1. The van der Waals surface area contributed by atoms with Crippen LogP contribution in [0.15, 0.2) is 24.3 Å². The first kappa shape index (κ1) is 11.9. The zero-order valence-electron chi connectivity index (χ0n) is 10.8. The van der Waals surface area contributed by atoms with E-state index in [0.29, 0.717) is 10.9 Å². The van der Waals surface area contributed by atoms with E-state index in [4.69, 9.17) is 0 Å². The minimum atomic E-state index is -0.285. The Labute approximate surface area is 111 Å². The van der Waals surface area contributed by atoms with E-state index in [-0.39, 0.29) is 10.6 Å². The molecule has 0 amide bonds. The van der Waals surface area contributed by atoms with Crippen LogP contribution in [0.1, 0.15) is 18.5 Å². The second-order valence-electron chi connectivity index (χ2n) is 4.90. The first-order valence-corrected chi connectivity index (χ1v) is 6.46. The molecule has 1 aromatic carbocycles. The molecule has 98 valence electrons. The molecule has 0 spiro atoms. The van der Waals surface area contributed by atoms with Crippen molar-refractivity contribution in [1.82, 2.24) is 4.98 Å². The van der Waals surface area contributed by atoms with Gasteiger partial charge in [-0.2, -0.15) is 0 Å². The summed E-state index contributed by atoms with van der Waals surface area (Å²) in [5, 5.41) is 12.1. The van der Waals surface area contributed by atoms with Crippen molar-refractivity contribution in [3.8, 4) is 0 Å². The van der Waals surface area contributed by atoms with Crippen LogP contribution in [0.25, 0.3) is 10.9 Å². The molecule has 0 atom stereocenters. The van der Waals surface area contributed by atoms with Crippen LogP contribution in [0, 0.1) is 17.0 Å². The van der Waals surface area contributed by atoms with E-state index < -0.39 is 0 Å². The molecule has 0 radical (unpaired) electrons. The Balaban J connectivity index is 2.24. The number of nitro benzene ring substituents is 1. The monoisotopic (exact) mass is 257 g/mol. The SMILES string of the molecule is Cc1ccc2c([N+](=O)[O-])c(N3CCCC3)ccc2n1. The summed E-state index contributed by atoms with van der Waals surface area (Å²) in [5.74, 6) is 0. The highest BCUT2D eigenvalue weighted by atomic mass is 16.6. The molecule has 2 aromatic rings. The topological polar surface area (TPSA) is 59.3 Å². The van der Waals surface area contributed by atoms with Crippen LogP contribution < -0.4 is 4.90 Å². The first-order valence-electron chi connectivity index (χ1n) is 6.46. The lowest BCUT2D eigenvalue weighted by atomic mass is 10.1. The molecule has 0 N–H and O–H groups in total. The summed E-state index contributed by atoms with van der Waals surface area (Å²) >= 11 is 0. The number of anilines is 1. The zero-order valence-corrected chi connectivity index (χ0v) is 10.8. The summed E-state index contributed by atoms with van der Waals surface area (Å²) in [5.41, 5.74) is 2.47. The Morgan fingerprint density at radius 3 is 2.63 bits per heavy atom. The zero-order chi connectivity index (χ0) is 13.4. The lowest BCUT2D eigenvalue weighted by Crippen LogP contribution is -2.19. The predicted molar refractivity (Wildman–Crippen MR) is 74.6 cm³/mol. The Morgan fingerprint density at radius 2 is 1.95 bits per heavy atom. The molecule has 1 aliphatic rings. The van der Waals surface area contributed by atoms with Crippen LogP contribution in [0.5, 0.6) is 0 Å². The van der Waals surface area contributed by atoms with E-state index in [0.717, 1.165) is 37.3 Å². The minimum absolute atomic E-state index is 0.187. The number of rotatable bonds is 2. The van der Waals surface area contributed by atoms with E-state index in [1.54, 1.807) is 6.07 Å². The van der Waals surface area contributed by atoms with Gasteiger partial charge >= 0.3 is 5.69 Å². The molecule has 3 rings (SSSR count). The Morgan fingerprint density at radius 1 is 1.21 bits per heavy atom. The summed E-state index contributed by atoms with van der Waals surface area (Å²) in [7, 11) is 0. The summed E-state index contributed by atoms with van der Waals surface area (Å²) in [6.45, 7) is 3.68. The molecule has 5 heteroatoms. The van der Waals surface area contributed by atoms with E-state index in [9.17, 15) is 10.1 Å².